The maximum atomic E-state index is 13.4. The predicted octanol–water partition coefficient (Wildman–Crippen LogP) is 3.98. The minimum absolute atomic E-state index is 0.0124. The summed E-state index contributed by atoms with van der Waals surface area (Å²) in [6, 6.07) is 7.42. The van der Waals surface area contributed by atoms with Gasteiger partial charge in [0.1, 0.15) is 17.3 Å². The second-order valence-corrected chi connectivity index (χ2v) is 8.42. The van der Waals surface area contributed by atoms with Gasteiger partial charge in [0.15, 0.2) is 5.65 Å². The third-order valence-corrected chi connectivity index (χ3v) is 5.96. The second kappa shape index (κ2) is 8.14. The molecule has 158 valence electrons. The molecule has 0 radical (unpaired) electrons. The maximum absolute atomic E-state index is 13.4. The van der Waals surface area contributed by atoms with Gasteiger partial charge >= 0.3 is 6.03 Å². The molecule has 1 atom stereocenters. The molecule has 8 nitrogen and oxygen atoms in total. The molecule has 0 saturated carbocycles. The molecule has 3 heterocycles. The number of hydrogen-bond donors (Lipinski definition) is 0. The number of methoxy groups -OCH3 is 2. The molecule has 30 heavy (non-hydrogen) atoms. The van der Waals surface area contributed by atoms with Crippen molar-refractivity contribution in [2.45, 2.75) is 26.4 Å². The van der Waals surface area contributed by atoms with Gasteiger partial charge in [0.25, 0.3) is 0 Å². The number of carbonyl (C=O) groups excluding carboxylic acids is 1. The van der Waals surface area contributed by atoms with Crippen LogP contribution in [0.5, 0.6) is 11.5 Å². The first-order chi connectivity index (χ1) is 14.4. The number of nitrogens with zero attached hydrogens (tertiary/aromatic N) is 5. The Kier molecular flexibility index (Phi) is 5.55. The van der Waals surface area contributed by atoms with Crippen LogP contribution in [0.15, 0.2) is 41.1 Å². The van der Waals surface area contributed by atoms with E-state index in [9.17, 15) is 4.79 Å². The molecule has 1 aromatic carbocycles. The number of rotatable bonds is 6. The molecular formula is C21H24BrN5O3. The lowest BCUT2D eigenvalue weighted by molar-refractivity contribution is 0.217. The molecule has 3 aromatic rings. The number of amides is 2. The largest absolute Gasteiger partial charge is 0.497 e. The van der Waals surface area contributed by atoms with Crippen LogP contribution in [0.1, 0.15) is 19.4 Å². The summed E-state index contributed by atoms with van der Waals surface area (Å²) in [4.78, 5) is 21.7. The number of carbonyl (C=O) groups is 1. The minimum atomic E-state index is -0.0703. The first-order valence-electron chi connectivity index (χ1n) is 9.72. The van der Waals surface area contributed by atoms with E-state index in [1.165, 1.54) is 0 Å². The topological polar surface area (TPSA) is 72.2 Å². The van der Waals surface area contributed by atoms with E-state index in [2.05, 4.69) is 39.9 Å². The van der Waals surface area contributed by atoms with Crippen LogP contribution in [0.3, 0.4) is 0 Å². The number of fused-ring (bicyclic) bond motifs is 1. The summed E-state index contributed by atoms with van der Waals surface area (Å²) in [6.07, 6.45) is 3.52. The van der Waals surface area contributed by atoms with Gasteiger partial charge in [0.05, 0.1) is 37.5 Å². The van der Waals surface area contributed by atoms with Crippen LogP contribution in [0.4, 0.5) is 10.6 Å². The third-order valence-electron chi connectivity index (χ3n) is 5.40. The molecule has 0 bridgehead atoms. The van der Waals surface area contributed by atoms with Crippen molar-refractivity contribution in [1.82, 2.24) is 19.5 Å². The lowest BCUT2D eigenvalue weighted by atomic mass is 10.0. The van der Waals surface area contributed by atoms with Crippen molar-refractivity contribution >= 4 is 33.4 Å². The molecule has 1 aliphatic rings. The Hall–Kier alpha value is -2.81. The van der Waals surface area contributed by atoms with E-state index in [4.69, 9.17) is 9.47 Å². The monoisotopic (exact) mass is 473 g/mol. The normalized spacial score (nSPS) is 16.7. The number of benzene rings is 1. The van der Waals surface area contributed by atoms with E-state index in [-0.39, 0.29) is 18.0 Å². The van der Waals surface area contributed by atoms with Gasteiger partial charge in [-0.15, -0.1) is 0 Å². The summed E-state index contributed by atoms with van der Waals surface area (Å²) in [5, 5.41) is 4.23. The molecule has 2 aromatic heterocycles. The Bertz CT molecular complexity index is 1080. The zero-order valence-corrected chi connectivity index (χ0v) is 19.0. The van der Waals surface area contributed by atoms with Gasteiger partial charge in [-0.2, -0.15) is 5.10 Å². The van der Waals surface area contributed by atoms with E-state index in [0.717, 1.165) is 10.0 Å². The Balaban J connectivity index is 1.66. The standard InChI is InChI=1S/C21H24BrN5O3/c1-13(2)17-12-25(11-14-5-6-15(29-3)9-18(14)30-4)21(28)27(17)19-7-8-26-20(24-19)16(22)10-23-26/h5-10,13,17H,11-12H2,1-4H3. The molecule has 4 rings (SSSR count). The summed E-state index contributed by atoms with van der Waals surface area (Å²) in [7, 11) is 3.24. The molecular weight excluding hydrogens is 450 g/mol. The molecule has 1 aliphatic heterocycles. The highest BCUT2D eigenvalue weighted by molar-refractivity contribution is 9.10. The van der Waals surface area contributed by atoms with Crippen LogP contribution in [-0.2, 0) is 6.54 Å². The zero-order valence-electron chi connectivity index (χ0n) is 17.4. The van der Waals surface area contributed by atoms with E-state index >= 15 is 0 Å². The molecule has 1 fully saturated rings. The summed E-state index contributed by atoms with van der Waals surface area (Å²) in [5.41, 5.74) is 1.61. The molecule has 9 heteroatoms. The molecule has 1 saturated heterocycles. The van der Waals surface area contributed by atoms with Crippen molar-refractivity contribution in [1.29, 1.82) is 0 Å². The fourth-order valence-electron chi connectivity index (χ4n) is 3.74. The SMILES string of the molecule is COc1ccc(CN2CC(C(C)C)N(c3ccn4ncc(Br)c4n3)C2=O)c(OC)c1. The van der Waals surface area contributed by atoms with Gasteiger partial charge in [-0.25, -0.2) is 14.3 Å². The van der Waals surface area contributed by atoms with Crippen molar-refractivity contribution < 1.29 is 14.3 Å². The van der Waals surface area contributed by atoms with Gasteiger partial charge in [0, 0.05) is 24.4 Å². The van der Waals surface area contributed by atoms with Crippen molar-refractivity contribution in [3.8, 4) is 11.5 Å². The Morgan fingerprint density at radius 1 is 1.23 bits per heavy atom. The van der Waals surface area contributed by atoms with Gasteiger partial charge < -0.3 is 14.4 Å². The Morgan fingerprint density at radius 3 is 2.73 bits per heavy atom. The van der Waals surface area contributed by atoms with Crippen LogP contribution in [0.25, 0.3) is 5.65 Å². The van der Waals surface area contributed by atoms with E-state index < -0.39 is 0 Å². The lowest BCUT2D eigenvalue weighted by Crippen LogP contribution is -2.38. The molecule has 0 aliphatic carbocycles. The Labute approximate surface area is 183 Å². The molecule has 0 spiro atoms. The average Bonchev–Trinajstić information content (AvgIpc) is 3.28. The first-order valence-corrected chi connectivity index (χ1v) is 10.5. The summed E-state index contributed by atoms with van der Waals surface area (Å²) < 4.78 is 13.3. The van der Waals surface area contributed by atoms with Gasteiger partial charge in [0.2, 0.25) is 0 Å². The fraction of sp³-hybridized carbons (Fsp3) is 0.381. The van der Waals surface area contributed by atoms with Crippen molar-refractivity contribution in [3.63, 3.8) is 0 Å². The number of halogens is 1. The van der Waals surface area contributed by atoms with Gasteiger partial charge in [-0.3, -0.25) is 4.90 Å². The number of anilines is 1. The smallest absolute Gasteiger partial charge is 0.326 e. The summed E-state index contributed by atoms with van der Waals surface area (Å²) in [6.45, 7) is 5.30. The number of hydrogen-bond acceptors (Lipinski definition) is 5. The van der Waals surface area contributed by atoms with Crippen LogP contribution >= 0.6 is 15.9 Å². The van der Waals surface area contributed by atoms with E-state index in [1.807, 2.05) is 35.4 Å². The average molecular weight is 474 g/mol. The minimum Gasteiger partial charge on any atom is -0.497 e. The van der Waals surface area contributed by atoms with Gasteiger partial charge in [-0.05, 0) is 40.0 Å². The van der Waals surface area contributed by atoms with Crippen LogP contribution < -0.4 is 14.4 Å². The highest BCUT2D eigenvalue weighted by Gasteiger charge is 2.40. The first kappa shape index (κ1) is 20.5. The molecule has 0 N–H and O–H groups in total. The Morgan fingerprint density at radius 2 is 2.03 bits per heavy atom. The third kappa shape index (κ3) is 3.58. The molecule has 2 amide bonds. The second-order valence-electron chi connectivity index (χ2n) is 7.57. The number of aromatic nitrogens is 3. The van der Waals surface area contributed by atoms with Gasteiger partial charge in [-0.1, -0.05) is 13.8 Å². The van der Waals surface area contributed by atoms with E-state index in [0.29, 0.717) is 36.1 Å². The van der Waals surface area contributed by atoms with Crippen molar-refractivity contribution in [3.05, 3.63) is 46.7 Å². The maximum Gasteiger partial charge on any atom is 0.326 e. The van der Waals surface area contributed by atoms with Crippen molar-refractivity contribution in [2.75, 3.05) is 25.7 Å². The highest BCUT2D eigenvalue weighted by Crippen LogP contribution is 2.32. The van der Waals surface area contributed by atoms with Crippen molar-refractivity contribution in [2.24, 2.45) is 5.92 Å². The van der Waals surface area contributed by atoms with Crippen LogP contribution in [0.2, 0.25) is 0 Å². The number of ether oxygens (including phenoxy) is 2. The summed E-state index contributed by atoms with van der Waals surface area (Å²) >= 11 is 3.47. The van der Waals surface area contributed by atoms with E-state index in [1.54, 1.807) is 29.8 Å². The van der Waals surface area contributed by atoms with Crippen LogP contribution in [0, 0.1) is 5.92 Å². The number of urea groups is 1. The lowest BCUT2D eigenvalue weighted by Gasteiger charge is -2.25. The van der Waals surface area contributed by atoms with Crippen LogP contribution in [-0.4, -0.2) is 52.3 Å². The predicted molar refractivity (Wildman–Crippen MR) is 117 cm³/mol. The highest BCUT2D eigenvalue weighted by atomic mass is 79.9. The molecule has 1 unspecified atom stereocenters. The summed E-state index contributed by atoms with van der Waals surface area (Å²) in [5.74, 6) is 2.30. The zero-order chi connectivity index (χ0) is 21.4. The quantitative estimate of drug-likeness (QED) is 0.541. The fourth-order valence-corrected chi connectivity index (χ4v) is 4.10.